The Morgan fingerprint density at radius 1 is 0.633 bits per heavy atom. The first-order chi connectivity index (χ1) is 14.4. The molecule has 1 heterocycles. The fourth-order valence-corrected chi connectivity index (χ4v) is 6.74. The number of halogens is 3. The van der Waals surface area contributed by atoms with Gasteiger partial charge in [-0.2, -0.15) is 0 Å². The molecule has 3 aromatic rings. The lowest BCUT2D eigenvalue weighted by molar-refractivity contribution is -0.122. The summed E-state index contributed by atoms with van der Waals surface area (Å²) in [7, 11) is 0. The third-order valence-electron chi connectivity index (χ3n) is 6.67. The van der Waals surface area contributed by atoms with E-state index in [9.17, 15) is 9.59 Å². The first-order valence-corrected chi connectivity index (χ1v) is 10.7. The van der Waals surface area contributed by atoms with E-state index in [1.807, 2.05) is 48.5 Å². The van der Waals surface area contributed by atoms with Gasteiger partial charge < -0.3 is 0 Å². The van der Waals surface area contributed by atoms with Gasteiger partial charge in [0.15, 0.2) is 0 Å². The molecule has 2 atom stereocenters. The summed E-state index contributed by atoms with van der Waals surface area (Å²) >= 11 is 20.8. The van der Waals surface area contributed by atoms with Crippen LogP contribution in [0.5, 0.6) is 0 Å². The van der Waals surface area contributed by atoms with E-state index in [2.05, 4.69) is 0 Å². The lowest BCUT2D eigenvalue weighted by Gasteiger charge is -2.54. The van der Waals surface area contributed by atoms with E-state index in [0.717, 1.165) is 22.3 Å². The standard InChI is InChI=1S/C24H14Cl3NO2/c25-13-9-11-14(12-10-13)28-21(29)19-20(22(28)30)24(27)16-6-2-1-5-15(16)23(19,26)17-7-3-4-8-18(17)24/h1-12,19-20H/t19-,20+,23?,24?. The minimum Gasteiger partial charge on any atom is -0.274 e. The number of imide groups is 1. The summed E-state index contributed by atoms with van der Waals surface area (Å²) in [6.45, 7) is 0. The molecule has 30 heavy (non-hydrogen) atoms. The quantitative estimate of drug-likeness (QED) is 0.363. The molecule has 1 fully saturated rings. The topological polar surface area (TPSA) is 37.4 Å². The average molecular weight is 455 g/mol. The van der Waals surface area contributed by atoms with Gasteiger partial charge in [0.25, 0.3) is 0 Å². The molecule has 4 aliphatic rings. The molecule has 2 bridgehead atoms. The molecular weight excluding hydrogens is 441 g/mol. The first kappa shape index (κ1) is 18.4. The number of hydrogen-bond acceptors (Lipinski definition) is 2. The van der Waals surface area contributed by atoms with Gasteiger partial charge in [0, 0.05) is 5.02 Å². The monoisotopic (exact) mass is 453 g/mol. The zero-order chi connectivity index (χ0) is 20.8. The van der Waals surface area contributed by atoms with E-state index >= 15 is 0 Å². The highest BCUT2D eigenvalue weighted by atomic mass is 35.5. The molecule has 0 unspecified atom stereocenters. The van der Waals surface area contributed by atoms with Crippen LogP contribution in [0.3, 0.4) is 0 Å². The van der Waals surface area contributed by atoms with Crippen molar-refractivity contribution in [2.75, 3.05) is 4.90 Å². The lowest BCUT2D eigenvalue weighted by Crippen LogP contribution is -2.57. The predicted molar refractivity (Wildman–Crippen MR) is 117 cm³/mol. The summed E-state index contributed by atoms with van der Waals surface area (Å²) in [5.74, 6) is -2.28. The van der Waals surface area contributed by atoms with Crippen molar-refractivity contribution in [3.63, 3.8) is 0 Å². The third-order valence-corrected chi connectivity index (χ3v) is 8.21. The minimum atomic E-state index is -1.16. The Morgan fingerprint density at radius 2 is 1.00 bits per heavy atom. The van der Waals surface area contributed by atoms with Crippen molar-refractivity contribution in [1.82, 2.24) is 0 Å². The second kappa shape index (κ2) is 5.88. The second-order valence-corrected chi connectivity index (χ2v) is 9.59. The highest BCUT2D eigenvalue weighted by Gasteiger charge is 2.73. The van der Waals surface area contributed by atoms with Gasteiger partial charge in [0.05, 0.1) is 17.5 Å². The summed E-state index contributed by atoms with van der Waals surface area (Å²) < 4.78 is 0. The number of alkyl halides is 2. The van der Waals surface area contributed by atoms with Gasteiger partial charge in [-0.25, -0.2) is 4.90 Å². The number of amides is 2. The van der Waals surface area contributed by atoms with Crippen LogP contribution in [0.1, 0.15) is 22.3 Å². The van der Waals surface area contributed by atoms with Crippen molar-refractivity contribution in [2.24, 2.45) is 11.8 Å². The van der Waals surface area contributed by atoms with Crippen molar-refractivity contribution in [2.45, 2.75) is 9.75 Å². The molecule has 3 nitrogen and oxygen atoms in total. The molecule has 3 aromatic carbocycles. The van der Waals surface area contributed by atoms with Crippen molar-refractivity contribution < 1.29 is 9.59 Å². The van der Waals surface area contributed by atoms with Crippen LogP contribution >= 0.6 is 34.8 Å². The molecule has 0 spiro atoms. The normalized spacial score (nSPS) is 30.8. The van der Waals surface area contributed by atoms with Gasteiger partial charge in [-0.15, -0.1) is 23.2 Å². The van der Waals surface area contributed by atoms with Crippen LogP contribution < -0.4 is 4.90 Å². The van der Waals surface area contributed by atoms with Crippen LogP contribution in [0.2, 0.25) is 5.02 Å². The highest BCUT2D eigenvalue weighted by Crippen LogP contribution is 2.69. The van der Waals surface area contributed by atoms with Crippen LogP contribution in [0, 0.1) is 11.8 Å². The Hall–Kier alpha value is -2.33. The maximum Gasteiger partial charge on any atom is 0.240 e. The Balaban J connectivity index is 1.66. The van der Waals surface area contributed by atoms with E-state index in [-0.39, 0.29) is 11.8 Å². The second-order valence-electron chi connectivity index (χ2n) is 7.96. The summed E-state index contributed by atoms with van der Waals surface area (Å²) in [6.07, 6.45) is 0. The molecule has 0 saturated carbocycles. The Bertz CT molecular complexity index is 1130. The zero-order valence-corrected chi connectivity index (χ0v) is 17.7. The molecule has 2 amide bonds. The van der Waals surface area contributed by atoms with Crippen LogP contribution in [0.4, 0.5) is 5.69 Å². The van der Waals surface area contributed by atoms with Crippen LogP contribution in [0.15, 0.2) is 72.8 Å². The van der Waals surface area contributed by atoms with Crippen molar-refractivity contribution in [1.29, 1.82) is 0 Å². The molecule has 6 heteroatoms. The molecule has 1 saturated heterocycles. The number of anilines is 1. The smallest absolute Gasteiger partial charge is 0.240 e. The average Bonchev–Trinajstić information content (AvgIpc) is 3.04. The molecule has 0 radical (unpaired) electrons. The van der Waals surface area contributed by atoms with Gasteiger partial charge in [0.1, 0.15) is 9.75 Å². The lowest BCUT2D eigenvalue weighted by atomic mass is 9.54. The number of hydrogen-bond donors (Lipinski definition) is 0. The zero-order valence-electron chi connectivity index (χ0n) is 15.5. The predicted octanol–water partition coefficient (Wildman–Crippen LogP) is 5.44. The van der Waals surface area contributed by atoms with Gasteiger partial charge in [-0.1, -0.05) is 60.1 Å². The molecule has 148 valence electrons. The summed E-state index contributed by atoms with van der Waals surface area (Å²) in [5.41, 5.74) is 3.64. The Morgan fingerprint density at radius 3 is 1.37 bits per heavy atom. The number of nitrogens with zero attached hydrogens (tertiary/aromatic N) is 1. The molecule has 7 rings (SSSR count). The number of rotatable bonds is 1. The third kappa shape index (κ3) is 1.94. The Labute approximate surface area is 188 Å². The number of benzene rings is 3. The summed E-state index contributed by atoms with van der Waals surface area (Å²) in [6, 6.07) is 21.8. The highest BCUT2D eigenvalue weighted by molar-refractivity contribution is 6.38. The summed E-state index contributed by atoms with van der Waals surface area (Å²) in [5, 5.41) is 0.526. The number of carbonyl (C=O) groups excluding carboxylic acids is 2. The Kier molecular flexibility index (Phi) is 3.61. The first-order valence-electron chi connectivity index (χ1n) is 9.61. The van der Waals surface area contributed by atoms with Gasteiger partial charge in [0.2, 0.25) is 11.8 Å². The molecule has 0 N–H and O–H groups in total. The maximum absolute atomic E-state index is 13.7. The molecule has 0 aromatic heterocycles. The van der Waals surface area contributed by atoms with Gasteiger partial charge >= 0.3 is 0 Å². The molecular formula is C24H14Cl3NO2. The molecule has 1 aliphatic heterocycles. The van der Waals surface area contributed by atoms with E-state index < -0.39 is 21.6 Å². The van der Waals surface area contributed by atoms with E-state index in [1.165, 1.54) is 4.90 Å². The van der Waals surface area contributed by atoms with Crippen molar-refractivity contribution in [3.8, 4) is 0 Å². The SMILES string of the molecule is O=C1[C@@H]2[C@H](C(=O)N1c1ccc(Cl)cc1)C1(Cl)c3ccccc3C2(Cl)c2ccccc21. The van der Waals surface area contributed by atoms with E-state index in [1.54, 1.807) is 24.3 Å². The largest absolute Gasteiger partial charge is 0.274 e. The summed E-state index contributed by atoms with van der Waals surface area (Å²) in [4.78, 5) is 26.3. The van der Waals surface area contributed by atoms with Gasteiger partial charge in [-0.3, -0.25) is 9.59 Å². The molecule has 3 aliphatic carbocycles. The van der Waals surface area contributed by atoms with Crippen LogP contribution in [0.25, 0.3) is 0 Å². The van der Waals surface area contributed by atoms with Crippen molar-refractivity contribution >= 4 is 52.3 Å². The van der Waals surface area contributed by atoms with Crippen LogP contribution in [-0.4, -0.2) is 11.8 Å². The van der Waals surface area contributed by atoms with E-state index in [0.29, 0.717) is 10.7 Å². The van der Waals surface area contributed by atoms with E-state index in [4.69, 9.17) is 34.8 Å². The van der Waals surface area contributed by atoms with Crippen molar-refractivity contribution in [3.05, 3.63) is 100 Å². The number of carbonyl (C=O) groups is 2. The maximum atomic E-state index is 13.7. The fourth-order valence-electron chi connectivity index (χ4n) is 5.51. The van der Waals surface area contributed by atoms with Gasteiger partial charge in [-0.05, 0) is 46.5 Å². The minimum absolute atomic E-state index is 0.337. The van der Waals surface area contributed by atoms with Crippen LogP contribution in [-0.2, 0) is 19.3 Å². The fraction of sp³-hybridized carbons (Fsp3) is 0.167.